The Morgan fingerprint density at radius 3 is 2.68 bits per heavy atom. The highest BCUT2D eigenvalue weighted by Crippen LogP contribution is 2.22. The number of hydrogen-bond donors (Lipinski definition) is 0. The van der Waals surface area contributed by atoms with Gasteiger partial charge in [0.15, 0.2) is 5.82 Å². The number of rotatable bonds is 6. The molecule has 1 atom stereocenters. The molecule has 1 unspecified atom stereocenters. The van der Waals surface area contributed by atoms with Crippen LogP contribution >= 0.6 is 0 Å². The van der Waals surface area contributed by atoms with E-state index in [0.717, 1.165) is 30.5 Å². The minimum absolute atomic E-state index is 0.0347. The maximum atomic E-state index is 12.3. The van der Waals surface area contributed by atoms with Crippen molar-refractivity contribution in [2.45, 2.75) is 52.1 Å². The molecule has 0 amide bonds. The van der Waals surface area contributed by atoms with E-state index < -0.39 is 0 Å². The van der Waals surface area contributed by atoms with Crippen molar-refractivity contribution in [3.05, 3.63) is 39.9 Å². The minimum atomic E-state index is -0.0347. The molecule has 4 heterocycles. The molecule has 0 radical (unpaired) electrons. The summed E-state index contributed by atoms with van der Waals surface area (Å²) in [5, 5.41) is 9.05. The lowest BCUT2D eigenvalue weighted by Gasteiger charge is -2.41. The zero-order valence-corrected chi connectivity index (χ0v) is 17.3. The Hall–Kier alpha value is -1.99. The third kappa shape index (κ3) is 4.20. The van der Waals surface area contributed by atoms with Crippen LogP contribution in [0.1, 0.15) is 37.1 Å². The number of aromatic nitrogens is 4. The highest BCUT2D eigenvalue weighted by molar-refractivity contribution is 5.23. The van der Waals surface area contributed by atoms with E-state index in [9.17, 15) is 4.79 Å². The average molecular weight is 385 g/mol. The maximum Gasteiger partial charge on any atom is 0.266 e. The van der Waals surface area contributed by atoms with Gasteiger partial charge in [-0.25, -0.2) is 9.36 Å². The molecule has 2 aromatic heterocycles. The van der Waals surface area contributed by atoms with E-state index in [4.69, 9.17) is 0 Å². The van der Waals surface area contributed by atoms with Crippen LogP contribution in [0.3, 0.4) is 0 Å². The zero-order valence-electron chi connectivity index (χ0n) is 17.3. The normalized spacial score (nSPS) is 21.8. The van der Waals surface area contributed by atoms with Crippen molar-refractivity contribution < 1.29 is 0 Å². The fourth-order valence-corrected chi connectivity index (χ4v) is 4.60. The molecule has 2 aromatic rings. The van der Waals surface area contributed by atoms with Crippen molar-refractivity contribution in [1.82, 2.24) is 29.4 Å². The van der Waals surface area contributed by atoms with Crippen LogP contribution in [0.2, 0.25) is 0 Å². The van der Waals surface area contributed by atoms with Crippen molar-refractivity contribution in [2.75, 3.05) is 33.2 Å². The van der Waals surface area contributed by atoms with Gasteiger partial charge in [-0.2, -0.15) is 5.10 Å². The summed E-state index contributed by atoms with van der Waals surface area (Å²) in [6.45, 7) is 9.19. The van der Waals surface area contributed by atoms with Gasteiger partial charge in [0.1, 0.15) is 0 Å². The molecule has 0 aromatic carbocycles. The van der Waals surface area contributed by atoms with E-state index in [1.54, 1.807) is 21.5 Å². The molecular weight excluding hydrogens is 352 g/mol. The summed E-state index contributed by atoms with van der Waals surface area (Å²) in [6.07, 6.45) is 5.32. The summed E-state index contributed by atoms with van der Waals surface area (Å²) < 4.78 is 3.42. The first-order valence-electron chi connectivity index (χ1n) is 10.5. The van der Waals surface area contributed by atoms with Gasteiger partial charge >= 0.3 is 0 Å². The Bertz CT molecular complexity index is 866. The van der Waals surface area contributed by atoms with Crippen LogP contribution in [-0.2, 0) is 6.54 Å². The molecule has 0 saturated carbocycles. The first-order chi connectivity index (χ1) is 13.5. The molecule has 2 fully saturated rings. The van der Waals surface area contributed by atoms with Gasteiger partial charge in [0.2, 0.25) is 0 Å². The highest BCUT2D eigenvalue weighted by atomic mass is 16.1. The summed E-state index contributed by atoms with van der Waals surface area (Å²) in [4.78, 5) is 17.3. The topological polar surface area (TPSA) is 59.2 Å². The largest absolute Gasteiger partial charge is 0.303 e. The van der Waals surface area contributed by atoms with Gasteiger partial charge in [0, 0.05) is 36.8 Å². The lowest BCUT2D eigenvalue weighted by molar-refractivity contribution is 0.0673. The average Bonchev–Trinajstić information content (AvgIpc) is 2.98. The Morgan fingerprint density at radius 1 is 1.14 bits per heavy atom. The second-order valence-corrected chi connectivity index (χ2v) is 8.60. The van der Waals surface area contributed by atoms with Crippen LogP contribution < -0.4 is 5.56 Å². The van der Waals surface area contributed by atoms with Crippen LogP contribution in [0.5, 0.6) is 0 Å². The summed E-state index contributed by atoms with van der Waals surface area (Å²) in [5.41, 5.74) is 1.94. The molecule has 2 aliphatic rings. The SMILES string of the molecule is Cc1cc(C)n(-c2ccc(=O)n(CC3CN(CCC4CCCCN4C)C3)n2)n1. The summed E-state index contributed by atoms with van der Waals surface area (Å²) >= 11 is 0. The van der Waals surface area contributed by atoms with Gasteiger partial charge in [0.25, 0.3) is 5.56 Å². The van der Waals surface area contributed by atoms with E-state index in [-0.39, 0.29) is 5.56 Å². The number of hydrogen-bond acceptors (Lipinski definition) is 5. The molecule has 152 valence electrons. The second-order valence-electron chi connectivity index (χ2n) is 8.60. The fraction of sp³-hybridized carbons (Fsp3) is 0.667. The molecule has 0 N–H and O–H groups in total. The molecule has 2 aliphatic heterocycles. The smallest absolute Gasteiger partial charge is 0.266 e. The van der Waals surface area contributed by atoms with Gasteiger partial charge in [-0.3, -0.25) is 4.79 Å². The quantitative estimate of drug-likeness (QED) is 0.761. The van der Waals surface area contributed by atoms with Crippen molar-refractivity contribution in [3.63, 3.8) is 0 Å². The molecule has 0 spiro atoms. The molecule has 28 heavy (non-hydrogen) atoms. The number of likely N-dealkylation sites (tertiary alicyclic amines) is 2. The number of piperidine rings is 1. The Morgan fingerprint density at radius 2 is 1.96 bits per heavy atom. The second kappa shape index (κ2) is 8.17. The molecule has 2 saturated heterocycles. The Kier molecular flexibility index (Phi) is 5.64. The lowest BCUT2D eigenvalue weighted by Crippen LogP contribution is -2.51. The molecule has 7 heteroatoms. The van der Waals surface area contributed by atoms with Crippen LogP contribution in [0.15, 0.2) is 23.0 Å². The third-order valence-corrected chi connectivity index (χ3v) is 6.24. The third-order valence-electron chi connectivity index (χ3n) is 6.24. The van der Waals surface area contributed by atoms with E-state index in [1.807, 2.05) is 19.9 Å². The van der Waals surface area contributed by atoms with Gasteiger partial charge in [0.05, 0.1) is 12.2 Å². The van der Waals surface area contributed by atoms with E-state index >= 15 is 0 Å². The fourth-order valence-electron chi connectivity index (χ4n) is 4.60. The van der Waals surface area contributed by atoms with Crippen LogP contribution in [0.4, 0.5) is 0 Å². The Balaban J connectivity index is 1.31. The van der Waals surface area contributed by atoms with Crippen molar-refractivity contribution >= 4 is 0 Å². The van der Waals surface area contributed by atoms with Crippen molar-refractivity contribution in [3.8, 4) is 5.82 Å². The van der Waals surface area contributed by atoms with Crippen molar-refractivity contribution in [1.29, 1.82) is 0 Å². The van der Waals surface area contributed by atoms with Crippen LogP contribution in [-0.4, -0.2) is 68.6 Å². The molecule has 0 aliphatic carbocycles. The van der Waals surface area contributed by atoms with Crippen LogP contribution in [0, 0.1) is 19.8 Å². The molecular formula is C21H32N6O. The molecule has 4 rings (SSSR count). The first kappa shape index (κ1) is 19.3. The molecule has 7 nitrogen and oxygen atoms in total. The predicted octanol–water partition coefficient (Wildman–Crippen LogP) is 1.85. The number of nitrogens with zero attached hydrogens (tertiary/aromatic N) is 6. The highest BCUT2D eigenvalue weighted by Gasteiger charge is 2.29. The predicted molar refractivity (Wildman–Crippen MR) is 110 cm³/mol. The van der Waals surface area contributed by atoms with Gasteiger partial charge in [-0.05, 0) is 65.4 Å². The molecule has 0 bridgehead atoms. The number of aryl methyl sites for hydroxylation is 2. The summed E-state index contributed by atoms with van der Waals surface area (Å²) in [5.74, 6) is 1.21. The van der Waals surface area contributed by atoms with E-state index in [2.05, 4.69) is 27.0 Å². The van der Waals surface area contributed by atoms with Gasteiger partial charge in [-0.15, -0.1) is 5.10 Å². The first-order valence-corrected chi connectivity index (χ1v) is 10.5. The van der Waals surface area contributed by atoms with Gasteiger partial charge < -0.3 is 9.80 Å². The minimum Gasteiger partial charge on any atom is -0.303 e. The standard InChI is InChI=1S/C21H32N6O/c1-16-12-17(2)27(22-16)20-7-8-21(28)26(23-20)15-18-13-25(14-18)11-9-19-6-4-5-10-24(19)3/h7-8,12,18-19H,4-6,9-11,13-15H2,1-3H3. The zero-order chi connectivity index (χ0) is 19.7. The van der Waals surface area contributed by atoms with Crippen molar-refractivity contribution in [2.24, 2.45) is 5.92 Å². The van der Waals surface area contributed by atoms with E-state index in [1.165, 1.54) is 38.8 Å². The maximum absolute atomic E-state index is 12.3. The van der Waals surface area contributed by atoms with E-state index in [0.29, 0.717) is 18.3 Å². The summed E-state index contributed by atoms with van der Waals surface area (Å²) in [7, 11) is 2.26. The Labute approximate surface area is 166 Å². The van der Waals surface area contributed by atoms with Gasteiger partial charge in [-0.1, -0.05) is 6.42 Å². The monoisotopic (exact) mass is 384 g/mol. The summed E-state index contributed by atoms with van der Waals surface area (Å²) in [6, 6.07) is 6.12. The lowest BCUT2D eigenvalue weighted by atomic mass is 9.96. The van der Waals surface area contributed by atoms with Crippen LogP contribution in [0.25, 0.3) is 5.82 Å².